The first-order valence-electron chi connectivity index (χ1n) is 8.73. The van der Waals surface area contributed by atoms with Gasteiger partial charge >= 0.3 is 0 Å². The number of sulfonamides is 1. The van der Waals surface area contributed by atoms with Crippen LogP contribution in [0.25, 0.3) is 0 Å². The van der Waals surface area contributed by atoms with Crippen LogP contribution in [0.15, 0.2) is 29.2 Å². The standard InChI is InChI=1S/C18H24N4O3S/c1-20(2)11-12-21-14-18(17(21)23)7-9-22(10-8-18)26(24,25)16-5-3-15(13-19)4-6-16/h3-6H,7-12,14H2,1-2H3. The highest BCUT2D eigenvalue weighted by Gasteiger charge is 2.53. The van der Waals surface area contributed by atoms with Crippen molar-refractivity contribution in [3.8, 4) is 6.07 Å². The molecule has 1 aromatic rings. The minimum atomic E-state index is -3.58. The van der Waals surface area contributed by atoms with Crippen LogP contribution < -0.4 is 0 Å². The highest BCUT2D eigenvalue weighted by Crippen LogP contribution is 2.42. The molecule has 7 nitrogen and oxygen atoms in total. The lowest BCUT2D eigenvalue weighted by molar-refractivity contribution is -0.164. The monoisotopic (exact) mass is 376 g/mol. The molecule has 0 N–H and O–H groups in total. The quantitative estimate of drug-likeness (QED) is 0.708. The molecule has 8 heteroatoms. The average Bonchev–Trinajstić information content (AvgIpc) is 2.65. The second kappa shape index (κ2) is 6.99. The molecule has 0 radical (unpaired) electrons. The summed E-state index contributed by atoms with van der Waals surface area (Å²) < 4.78 is 27.0. The molecule has 0 saturated carbocycles. The Bertz CT molecular complexity index is 819. The molecule has 2 aliphatic rings. The predicted octanol–water partition coefficient (Wildman–Crippen LogP) is 0.733. The van der Waals surface area contributed by atoms with Gasteiger partial charge in [0.15, 0.2) is 0 Å². The van der Waals surface area contributed by atoms with Crippen LogP contribution in [0.1, 0.15) is 18.4 Å². The molecule has 140 valence electrons. The van der Waals surface area contributed by atoms with E-state index in [1.165, 1.54) is 28.6 Å². The number of hydrogen-bond acceptors (Lipinski definition) is 5. The summed E-state index contributed by atoms with van der Waals surface area (Å²) in [7, 11) is 0.376. The fourth-order valence-electron chi connectivity index (χ4n) is 3.63. The lowest BCUT2D eigenvalue weighted by atomic mass is 9.71. The fraction of sp³-hybridized carbons (Fsp3) is 0.556. The lowest BCUT2D eigenvalue weighted by Gasteiger charge is -2.52. The fourth-order valence-corrected chi connectivity index (χ4v) is 5.07. The number of nitrogens with zero attached hydrogens (tertiary/aromatic N) is 4. The van der Waals surface area contributed by atoms with Crippen LogP contribution in [0, 0.1) is 16.7 Å². The zero-order valence-electron chi connectivity index (χ0n) is 15.2. The Hall–Kier alpha value is -1.95. The van der Waals surface area contributed by atoms with Crippen molar-refractivity contribution in [3.05, 3.63) is 29.8 Å². The van der Waals surface area contributed by atoms with Gasteiger partial charge in [0.05, 0.1) is 21.9 Å². The number of carbonyl (C=O) groups is 1. The molecule has 2 fully saturated rings. The Labute approximate surface area is 154 Å². The number of carbonyl (C=O) groups excluding carboxylic acids is 1. The minimum Gasteiger partial charge on any atom is -0.340 e. The van der Waals surface area contributed by atoms with Crippen molar-refractivity contribution in [1.82, 2.24) is 14.1 Å². The first kappa shape index (κ1) is 18.8. The Morgan fingerprint density at radius 2 is 1.81 bits per heavy atom. The van der Waals surface area contributed by atoms with E-state index in [9.17, 15) is 13.2 Å². The maximum Gasteiger partial charge on any atom is 0.243 e. The summed E-state index contributed by atoms with van der Waals surface area (Å²) in [5, 5.41) is 8.84. The molecule has 1 amide bonds. The molecule has 1 spiro atoms. The largest absolute Gasteiger partial charge is 0.340 e. The summed E-state index contributed by atoms with van der Waals surface area (Å²) >= 11 is 0. The molecular weight excluding hydrogens is 352 g/mol. The third kappa shape index (κ3) is 3.34. The SMILES string of the molecule is CN(C)CCN1CC2(CCN(S(=O)(=O)c3ccc(C#N)cc3)CC2)C1=O. The van der Waals surface area contributed by atoms with Gasteiger partial charge < -0.3 is 9.80 Å². The summed E-state index contributed by atoms with van der Waals surface area (Å²) in [6.45, 7) is 3.00. The van der Waals surface area contributed by atoms with Gasteiger partial charge in [0.2, 0.25) is 15.9 Å². The minimum absolute atomic E-state index is 0.162. The van der Waals surface area contributed by atoms with Crippen LogP contribution in [0.2, 0.25) is 0 Å². The number of nitriles is 1. The van der Waals surface area contributed by atoms with Gasteiger partial charge in [-0.3, -0.25) is 4.79 Å². The van der Waals surface area contributed by atoms with Gasteiger partial charge in [0.1, 0.15) is 0 Å². The van der Waals surface area contributed by atoms with E-state index in [2.05, 4.69) is 0 Å². The summed E-state index contributed by atoms with van der Waals surface area (Å²) in [5.74, 6) is 0.162. The van der Waals surface area contributed by atoms with E-state index in [0.29, 0.717) is 31.5 Å². The van der Waals surface area contributed by atoms with Gasteiger partial charge in [-0.05, 0) is 51.2 Å². The molecule has 2 heterocycles. The van der Waals surface area contributed by atoms with Gasteiger partial charge in [0, 0.05) is 32.7 Å². The number of likely N-dealkylation sites (tertiary alicyclic amines) is 1. The highest BCUT2D eigenvalue weighted by atomic mass is 32.2. The zero-order valence-corrected chi connectivity index (χ0v) is 16.0. The van der Waals surface area contributed by atoms with Crippen LogP contribution >= 0.6 is 0 Å². The van der Waals surface area contributed by atoms with E-state index in [1.807, 2.05) is 30.0 Å². The molecule has 1 aromatic carbocycles. The van der Waals surface area contributed by atoms with Crippen molar-refractivity contribution < 1.29 is 13.2 Å². The van der Waals surface area contributed by atoms with Gasteiger partial charge in [0.25, 0.3) is 0 Å². The third-order valence-electron chi connectivity index (χ3n) is 5.35. The maximum absolute atomic E-state index is 12.8. The van der Waals surface area contributed by atoms with Crippen LogP contribution in [0.3, 0.4) is 0 Å². The molecule has 26 heavy (non-hydrogen) atoms. The Morgan fingerprint density at radius 1 is 1.19 bits per heavy atom. The van der Waals surface area contributed by atoms with E-state index < -0.39 is 10.0 Å². The van der Waals surface area contributed by atoms with Crippen molar-refractivity contribution in [3.63, 3.8) is 0 Å². The topological polar surface area (TPSA) is 84.7 Å². The van der Waals surface area contributed by atoms with Crippen LogP contribution in [-0.2, 0) is 14.8 Å². The van der Waals surface area contributed by atoms with E-state index in [0.717, 1.165) is 19.6 Å². The molecule has 3 rings (SSSR count). The van der Waals surface area contributed by atoms with E-state index >= 15 is 0 Å². The average molecular weight is 376 g/mol. The smallest absolute Gasteiger partial charge is 0.243 e. The number of amides is 1. The first-order chi connectivity index (χ1) is 12.3. The molecular formula is C18H24N4O3S. The van der Waals surface area contributed by atoms with Crippen LogP contribution in [0.5, 0.6) is 0 Å². The van der Waals surface area contributed by atoms with Crippen molar-refractivity contribution in [1.29, 1.82) is 5.26 Å². The molecule has 0 atom stereocenters. The van der Waals surface area contributed by atoms with Crippen molar-refractivity contribution in [2.24, 2.45) is 5.41 Å². The number of β-lactam (4-membered cyclic amide) rings is 1. The lowest BCUT2D eigenvalue weighted by Crippen LogP contribution is -2.65. The maximum atomic E-state index is 12.8. The second-order valence-electron chi connectivity index (χ2n) is 7.35. The zero-order chi connectivity index (χ0) is 18.9. The second-order valence-corrected chi connectivity index (χ2v) is 9.29. The molecule has 0 aliphatic carbocycles. The van der Waals surface area contributed by atoms with E-state index in [4.69, 9.17) is 5.26 Å². The predicted molar refractivity (Wildman–Crippen MR) is 96.7 cm³/mol. The Morgan fingerprint density at radius 3 is 2.31 bits per heavy atom. The summed E-state index contributed by atoms with van der Waals surface area (Å²) in [6, 6.07) is 7.94. The number of hydrogen-bond donors (Lipinski definition) is 0. The molecule has 0 bridgehead atoms. The van der Waals surface area contributed by atoms with E-state index in [1.54, 1.807) is 0 Å². The van der Waals surface area contributed by atoms with Gasteiger partial charge in [-0.1, -0.05) is 0 Å². The van der Waals surface area contributed by atoms with Crippen LogP contribution in [0.4, 0.5) is 0 Å². The third-order valence-corrected chi connectivity index (χ3v) is 7.27. The number of rotatable bonds is 5. The Kier molecular flexibility index (Phi) is 5.06. The normalized spacial score (nSPS) is 20.2. The number of piperidine rings is 1. The van der Waals surface area contributed by atoms with Gasteiger partial charge in [-0.25, -0.2) is 8.42 Å². The van der Waals surface area contributed by atoms with Crippen molar-refractivity contribution >= 4 is 15.9 Å². The highest BCUT2D eigenvalue weighted by molar-refractivity contribution is 7.89. The summed E-state index contributed by atoms with van der Waals surface area (Å²) in [5.41, 5.74) is 0.0580. The summed E-state index contributed by atoms with van der Waals surface area (Å²) in [6.07, 6.45) is 1.14. The molecule has 0 unspecified atom stereocenters. The first-order valence-corrected chi connectivity index (χ1v) is 10.2. The molecule has 0 aromatic heterocycles. The number of benzene rings is 1. The molecule has 2 aliphatic heterocycles. The van der Waals surface area contributed by atoms with Crippen molar-refractivity contribution in [2.75, 3.05) is 46.8 Å². The number of likely N-dealkylation sites (N-methyl/N-ethyl adjacent to an activating group) is 1. The van der Waals surface area contributed by atoms with Crippen molar-refractivity contribution in [2.45, 2.75) is 17.7 Å². The summed E-state index contributed by atoms with van der Waals surface area (Å²) in [4.78, 5) is 16.7. The van der Waals surface area contributed by atoms with Gasteiger partial charge in [-0.15, -0.1) is 0 Å². The Balaban J connectivity index is 1.62. The van der Waals surface area contributed by atoms with E-state index in [-0.39, 0.29) is 16.2 Å². The molecule has 2 saturated heterocycles. The van der Waals surface area contributed by atoms with Gasteiger partial charge in [-0.2, -0.15) is 9.57 Å². The van der Waals surface area contributed by atoms with Crippen LogP contribution in [-0.4, -0.2) is 75.2 Å².